The molecular weight excluding hydrogens is 271 g/mol. The molecule has 1 aliphatic heterocycles. The quantitative estimate of drug-likeness (QED) is 0.926. The maximum Gasteiger partial charge on any atom is 0.416 e. The van der Waals surface area contributed by atoms with Crippen molar-refractivity contribution < 1.29 is 23.1 Å². The van der Waals surface area contributed by atoms with Crippen molar-refractivity contribution in [2.75, 3.05) is 13.1 Å². The zero-order valence-electron chi connectivity index (χ0n) is 10.9. The van der Waals surface area contributed by atoms with Crippen LogP contribution in [0.25, 0.3) is 0 Å². The van der Waals surface area contributed by atoms with E-state index in [1.165, 1.54) is 6.07 Å². The van der Waals surface area contributed by atoms with E-state index >= 15 is 0 Å². The third kappa shape index (κ3) is 3.50. The molecule has 0 bridgehead atoms. The molecule has 1 aliphatic rings. The molecule has 0 saturated carbocycles. The molecule has 0 atom stereocenters. The molecule has 0 aromatic heterocycles. The van der Waals surface area contributed by atoms with Crippen LogP contribution in [0.2, 0.25) is 0 Å². The summed E-state index contributed by atoms with van der Waals surface area (Å²) in [7, 11) is 0. The van der Waals surface area contributed by atoms with Crippen molar-refractivity contribution in [3.8, 4) is 0 Å². The first kappa shape index (κ1) is 14.8. The molecule has 1 heterocycles. The Labute approximate surface area is 115 Å². The molecule has 1 aromatic carbocycles. The van der Waals surface area contributed by atoms with Gasteiger partial charge in [-0.1, -0.05) is 12.5 Å². The summed E-state index contributed by atoms with van der Waals surface area (Å²) in [5.74, 6) is -1.32. The molecule has 1 aromatic rings. The standard InChI is InChI=1S/C14H16F3NO2/c15-14(16,17)11-5-4-10(12(8-11)13(19)20)9-18-6-2-1-3-7-18/h4-5,8H,1-3,6-7,9H2,(H,19,20). The Bertz CT molecular complexity index is 494. The van der Waals surface area contributed by atoms with Gasteiger partial charge in [-0.3, -0.25) is 4.90 Å². The van der Waals surface area contributed by atoms with Crippen molar-refractivity contribution in [3.63, 3.8) is 0 Å². The van der Waals surface area contributed by atoms with E-state index in [1.807, 2.05) is 0 Å². The predicted molar refractivity (Wildman–Crippen MR) is 67.5 cm³/mol. The molecular formula is C14H16F3NO2. The number of hydrogen-bond donors (Lipinski definition) is 1. The van der Waals surface area contributed by atoms with Crippen molar-refractivity contribution >= 4 is 5.97 Å². The fourth-order valence-corrected chi connectivity index (χ4v) is 2.45. The summed E-state index contributed by atoms with van der Waals surface area (Å²) < 4.78 is 37.9. The van der Waals surface area contributed by atoms with Crippen LogP contribution in [0.15, 0.2) is 18.2 Å². The molecule has 0 radical (unpaired) electrons. The second-order valence-corrected chi connectivity index (χ2v) is 5.01. The lowest BCUT2D eigenvalue weighted by atomic mass is 10.0. The van der Waals surface area contributed by atoms with Gasteiger partial charge in [0.15, 0.2) is 0 Å². The van der Waals surface area contributed by atoms with Gasteiger partial charge in [-0.2, -0.15) is 13.2 Å². The highest BCUT2D eigenvalue weighted by Gasteiger charge is 2.32. The number of alkyl halides is 3. The minimum atomic E-state index is -4.52. The number of aromatic carboxylic acids is 1. The first-order chi connectivity index (χ1) is 9.38. The van der Waals surface area contributed by atoms with E-state index < -0.39 is 17.7 Å². The van der Waals surface area contributed by atoms with Gasteiger partial charge >= 0.3 is 12.1 Å². The summed E-state index contributed by atoms with van der Waals surface area (Å²) in [6.45, 7) is 2.11. The third-order valence-electron chi connectivity index (χ3n) is 3.51. The maximum atomic E-state index is 12.6. The summed E-state index contributed by atoms with van der Waals surface area (Å²) in [5.41, 5.74) is -0.741. The predicted octanol–water partition coefficient (Wildman–Crippen LogP) is 3.39. The Morgan fingerprint density at radius 1 is 1.20 bits per heavy atom. The fraction of sp³-hybridized carbons (Fsp3) is 0.500. The molecule has 1 N–H and O–H groups in total. The van der Waals surface area contributed by atoms with Gasteiger partial charge in [0.1, 0.15) is 0 Å². The van der Waals surface area contributed by atoms with Crippen molar-refractivity contribution in [3.05, 3.63) is 34.9 Å². The minimum absolute atomic E-state index is 0.259. The Balaban J connectivity index is 2.25. The lowest BCUT2D eigenvalue weighted by Gasteiger charge is -2.27. The van der Waals surface area contributed by atoms with Crippen molar-refractivity contribution in [2.24, 2.45) is 0 Å². The molecule has 0 unspecified atom stereocenters. The summed E-state index contributed by atoms with van der Waals surface area (Å²) in [6.07, 6.45) is -1.28. The number of likely N-dealkylation sites (tertiary alicyclic amines) is 1. The van der Waals surface area contributed by atoms with E-state index in [2.05, 4.69) is 4.90 Å². The van der Waals surface area contributed by atoms with E-state index in [-0.39, 0.29) is 5.56 Å². The average Bonchev–Trinajstić information content (AvgIpc) is 2.38. The van der Waals surface area contributed by atoms with E-state index in [9.17, 15) is 18.0 Å². The summed E-state index contributed by atoms with van der Waals surface area (Å²) in [5, 5.41) is 9.10. The summed E-state index contributed by atoms with van der Waals surface area (Å²) >= 11 is 0. The van der Waals surface area contributed by atoms with E-state index in [0.717, 1.165) is 44.5 Å². The largest absolute Gasteiger partial charge is 0.478 e. The van der Waals surface area contributed by atoms with E-state index in [0.29, 0.717) is 12.1 Å². The molecule has 0 spiro atoms. The second kappa shape index (κ2) is 5.83. The Kier molecular flexibility index (Phi) is 4.32. The smallest absolute Gasteiger partial charge is 0.416 e. The lowest BCUT2D eigenvalue weighted by Crippen LogP contribution is -2.29. The van der Waals surface area contributed by atoms with Crippen LogP contribution in [0.5, 0.6) is 0 Å². The third-order valence-corrected chi connectivity index (χ3v) is 3.51. The first-order valence-electron chi connectivity index (χ1n) is 6.53. The second-order valence-electron chi connectivity index (χ2n) is 5.01. The number of hydrogen-bond acceptors (Lipinski definition) is 2. The number of rotatable bonds is 3. The highest BCUT2D eigenvalue weighted by Crippen LogP contribution is 2.31. The normalized spacial score (nSPS) is 17.1. The number of carboxylic acids is 1. The topological polar surface area (TPSA) is 40.5 Å². The van der Waals surface area contributed by atoms with Gasteiger partial charge in [0.05, 0.1) is 11.1 Å². The van der Waals surface area contributed by atoms with Crippen LogP contribution in [0.1, 0.15) is 40.7 Å². The molecule has 1 saturated heterocycles. The van der Waals surface area contributed by atoms with Gasteiger partial charge in [0, 0.05) is 6.54 Å². The highest BCUT2D eigenvalue weighted by molar-refractivity contribution is 5.89. The van der Waals surface area contributed by atoms with Gasteiger partial charge < -0.3 is 5.11 Å². The van der Waals surface area contributed by atoms with Gasteiger partial charge in [-0.05, 0) is 43.6 Å². The molecule has 1 fully saturated rings. The van der Waals surface area contributed by atoms with E-state index in [1.54, 1.807) is 0 Å². The van der Waals surface area contributed by atoms with Crippen LogP contribution >= 0.6 is 0 Å². The molecule has 110 valence electrons. The minimum Gasteiger partial charge on any atom is -0.478 e. The van der Waals surface area contributed by atoms with Crippen LogP contribution in [-0.2, 0) is 12.7 Å². The summed E-state index contributed by atoms with van der Waals surface area (Å²) in [6, 6.07) is 2.95. The van der Waals surface area contributed by atoms with Crippen molar-refractivity contribution in [1.82, 2.24) is 4.90 Å². The van der Waals surface area contributed by atoms with Crippen molar-refractivity contribution in [2.45, 2.75) is 32.0 Å². The van der Waals surface area contributed by atoms with Crippen LogP contribution in [-0.4, -0.2) is 29.1 Å². The maximum absolute atomic E-state index is 12.6. The number of halogens is 3. The van der Waals surface area contributed by atoms with Gasteiger partial charge in [-0.25, -0.2) is 4.79 Å². The van der Waals surface area contributed by atoms with Crippen LogP contribution in [0.3, 0.4) is 0 Å². The van der Waals surface area contributed by atoms with E-state index in [4.69, 9.17) is 5.11 Å². The van der Waals surface area contributed by atoms with Gasteiger partial charge in [-0.15, -0.1) is 0 Å². The number of carbonyl (C=O) groups is 1. The van der Waals surface area contributed by atoms with Crippen LogP contribution < -0.4 is 0 Å². The molecule has 2 rings (SSSR count). The van der Waals surface area contributed by atoms with Gasteiger partial charge in [0.25, 0.3) is 0 Å². The fourth-order valence-electron chi connectivity index (χ4n) is 2.45. The Morgan fingerprint density at radius 3 is 2.40 bits per heavy atom. The summed E-state index contributed by atoms with van der Waals surface area (Å²) in [4.78, 5) is 13.2. The number of nitrogens with zero attached hydrogens (tertiary/aromatic N) is 1. The Hall–Kier alpha value is -1.56. The monoisotopic (exact) mass is 287 g/mol. The molecule has 3 nitrogen and oxygen atoms in total. The highest BCUT2D eigenvalue weighted by atomic mass is 19.4. The molecule has 20 heavy (non-hydrogen) atoms. The molecule has 0 aliphatic carbocycles. The zero-order chi connectivity index (χ0) is 14.8. The van der Waals surface area contributed by atoms with Gasteiger partial charge in [0.2, 0.25) is 0 Å². The lowest BCUT2D eigenvalue weighted by molar-refractivity contribution is -0.137. The average molecular weight is 287 g/mol. The number of piperidine rings is 1. The number of benzene rings is 1. The van der Waals surface area contributed by atoms with Crippen LogP contribution in [0.4, 0.5) is 13.2 Å². The molecule has 0 amide bonds. The Morgan fingerprint density at radius 2 is 1.85 bits per heavy atom. The first-order valence-corrected chi connectivity index (χ1v) is 6.53. The van der Waals surface area contributed by atoms with Crippen LogP contribution in [0, 0.1) is 0 Å². The molecule has 6 heteroatoms. The zero-order valence-corrected chi connectivity index (χ0v) is 10.9. The van der Waals surface area contributed by atoms with Crippen molar-refractivity contribution in [1.29, 1.82) is 0 Å². The SMILES string of the molecule is O=C(O)c1cc(C(F)(F)F)ccc1CN1CCCCC1. The number of carboxylic acid groups (broad SMARTS) is 1.